The van der Waals surface area contributed by atoms with E-state index in [0.29, 0.717) is 29.2 Å². The normalized spacial score (nSPS) is 25.6. The highest BCUT2D eigenvalue weighted by molar-refractivity contribution is 7.91. The highest BCUT2D eigenvalue weighted by atomic mass is 35.5. The molecule has 2 saturated heterocycles. The Balaban J connectivity index is 1.72. The van der Waals surface area contributed by atoms with E-state index in [1.165, 1.54) is 24.2 Å². The highest BCUT2D eigenvalue weighted by Crippen LogP contribution is 2.30. The SMILES string of the molecule is O=S(=O)(c1ccc(CCl)s1)N1CCC(N2CCCC2)C1. The molecule has 0 radical (unpaired) electrons. The van der Waals surface area contributed by atoms with Crippen LogP contribution in [0.2, 0.25) is 0 Å². The lowest BCUT2D eigenvalue weighted by molar-refractivity contribution is 0.251. The number of halogens is 1. The summed E-state index contributed by atoms with van der Waals surface area (Å²) < 4.78 is 27.3. The summed E-state index contributed by atoms with van der Waals surface area (Å²) in [5.41, 5.74) is 0. The molecule has 1 aromatic rings. The third-order valence-corrected chi connectivity index (χ3v) is 8.01. The molecule has 0 amide bonds. The maximum absolute atomic E-state index is 12.6. The lowest BCUT2D eigenvalue weighted by Gasteiger charge is -2.23. The Morgan fingerprint density at radius 1 is 1.25 bits per heavy atom. The highest BCUT2D eigenvalue weighted by Gasteiger charge is 2.36. The van der Waals surface area contributed by atoms with Crippen molar-refractivity contribution in [1.82, 2.24) is 9.21 Å². The van der Waals surface area contributed by atoms with Gasteiger partial charge in [0.25, 0.3) is 10.0 Å². The molecule has 2 aliphatic heterocycles. The summed E-state index contributed by atoms with van der Waals surface area (Å²) >= 11 is 7.04. The first-order valence-electron chi connectivity index (χ1n) is 7.00. The molecular formula is C13H19ClN2O2S2. The Morgan fingerprint density at radius 2 is 2.00 bits per heavy atom. The Kier molecular flexibility index (Phi) is 4.38. The van der Waals surface area contributed by atoms with E-state index in [1.54, 1.807) is 16.4 Å². The van der Waals surface area contributed by atoms with E-state index in [-0.39, 0.29) is 0 Å². The predicted molar refractivity (Wildman–Crippen MR) is 81.8 cm³/mol. The quantitative estimate of drug-likeness (QED) is 0.794. The Hall–Kier alpha value is -0.140. The van der Waals surface area contributed by atoms with Crippen molar-refractivity contribution in [2.75, 3.05) is 26.2 Å². The molecule has 7 heteroatoms. The average molecular weight is 335 g/mol. The number of rotatable bonds is 4. The van der Waals surface area contributed by atoms with Gasteiger partial charge in [-0.15, -0.1) is 22.9 Å². The standard InChI is InChI=1S/C13H19ClN2O2S2/c14-9-12-3-4-13(19-12)20(17,18)16-8-5-11(10-16)15-6-1-2-7-15/h3-4,11H,1-2,5-10H2. The van der Waals surface area contributed by atoms with Crippen LogP contribution < -0.4 is 0 Å². The number of hydrogen-bond acceptors (Lipinski definition) is 4. The fourth-order valence-electron chi connectivity index (χ4n) is 3.03. The van der Waals surface area contributed by atoms with Gasteiger partial charge in [-0.25, -0.2) is 8.42 Å². The largest absolute Gasteiger partial charge is 0.299 e. The van der Waals surface area contributed by atoms with Gasteiger partial charge in [0.2, 0.25) is 0 Å². The van der Waals surface area contributed by atoms with Crippen molar-refractivity contribution >= 4 is 33.0 Å². The molecule has 20 heavy (non-hydrogen) atoms. The van der Waals surface area contributed by atoms with Gasteiger partial charge in [0.15, 0.2) is 0 Å². The molecule has 3 rings (SSSR count). The van der Waals surface area contributed by atoms with Gasteiger partial charge in [-0.3, -0.25) is 4.90 Å². The minimum Gasteiger partial charge on any atom is -0.299 e. The van der Waals surface area contributed by atoms with Crippen LogP contribution in [-0.2, 0) is 15.9 Å². The summed E-state index contributed by atoms with van der Waals surface area (Å²) in [5, 5.41) is 0. The third-order valence-electron chi connectivity index (χ3n) is 4.15. The van der Waals surface area contributed by atoms with Crippen LogP contribution in [0.5, 0.6) is 0 Å². The lowest BCUT2D eigenvalue weighted by Crippen LogP contribution is -2.36. The van der Waals surface area contributed by atoms with E-state index in [2.05, 4.69) is 4.90 Å². The van der Waals surface area contributed by atoms with E-state index < -0.39 is 10.0 Å². The van der Waals surface area contributed by atoms with Crippen LogP contribution in [0.1, 0.15) is 24.1 Å². The van der Waals surface area contributed by atoms with Crippen LogP contribution in [0.3, 0.4) is 0 Å². The molecular weight excluding hydrogens is 316 g/mol. The van der Waals surface area contributed by atoms with Crippen molar-refractivity contribution in [3.8, 4) is 0 Å². The predicted octanol–water partition coefficient (Wildman–Crippen LogP) is 2.35. The summed E-state index contributed by atoms with van der Waals surface area (Å²) in [4.78, 5) is 3.34. The molecule has 0 N–H and O–H groups in total. The van der Waals surface area contributed by atoms with Gasteiger partial charge in [-0.05, 0) is 44.5 Å². The minimum atomic E-state index is -3.32. The molecule has 3 heterocycles. The van der Waals surface area contributed by atoms with E-state index in [1.807, 2.05) is 0 Å². The lowest BCUT2D eigenvalue weighted by atomic mass is 10.2. The molecule has 1 atom stereocenters. The molecule has 0 saturated carbocycles. The molecule has 0 aromatic carbocycles. The molecule has 1 aromatic heterocycles. The van der Waals surface area contributed by atoms with Crippen LogP contribution in [0.25, 0.3) is 0 Å². The smallest absolute Gasteiger partial charge is 0.252 e. The first-order chi connectivity index (χ1) is 9.61. The topological polar surface area (TPSA) is 40.6 Å². The van der Waals surface area contributed by atoms with Crippen LogP contribution in [0, 0.1) is 0 Å². The maximum Gasteiger partial charge on any atom is 0.252 e. The van der Waals surface area contributed by atoms with Gasteiger partial charge in [-0.2, -0.15) is 4.31 Å². The van der Waals surface area contributed by atoms with Crippen molar-refractivity contribution < 1.29 is 8.42 Å². The number of thiophene rings is 1. The number of hydrogen-bond donors (Lipinski definition) is 0. The molecule has 0 spiro atoms. The van der Waals surface area contributed by atoms with Crippen molar-refractivity contribution in [1.29, 1.82) is 0 Å². The van der Waals surface area contributed by atoms with Crippen LogP contribution >= 0.6 is 22.9 Å². The number of nitrogens with zero attached hydrogens (tertiary/aromatic N) is 2. The number of likely N-dealkylation sites (tertiary alicyclic amines) is 1. The van der Waals surface area contributed by atoms with Gasteiger partial charge in [0, 0.05) is 24.0 Å². The molecule has 1 unspecified atom stereocenters. The van der Waals surface area contributed by atoms with Crippen LogP contribution in [0.15, 0.2) is 16.3 Å². The fraction of sp³-hybridized carbons (Fsp3) is 0.692. The monoisotopic (exact) mass is 334 g/mol. The van der Waals surface area contributed by atoms with Gasteiger partial charge in [0.05, 0.1) is 5.88 Å². The van der Waals surface area contributed by atoms with Gasteiger partial charge >= 0.3 is 0 Å². The molecule has 2 fully saturated rings. The van der Waals surface area contributed by atoms with Gasteiger partial charge in [-0.1, -0.05) is 0 Å². The minimum absolute atomic E-state index is 0.372. The van der Waals surface area contributed by atoms with Crippen molar-refractivity contribution in [3.05, 3.63) is 17.0 Å². The molecule has 0 aliphatic carbocycles. The summed E-state index contributed by atoms with van der Waals surface area (Å²) in [6, 6.07) is 3.89. The Labute approximate surface area is 129 Å². The van der Waals surface area contributed by atoms with E-state index >= 15 is 0 Å². The zero-order valence-corrected chi connectivity index (χ0v) is 13.7. The summed E-state index contributed by atoms with van der Waals surface area (Å²) in [6.45, 7) is 3.51. The number of sulfonamides is 1. The van der Waals surface area contributed by atoms with Crippen LogP contribution in [0.4, 0.5) is 0 Å². The van der Waals surface area contributed by atoms with Crippen LogP contribution in [-0.4, -0.2) is 49.8 Å². The van der Waals surface area contributed by atoms with E-state index in [4.69, 9.17) is 11.6 Å². The van der Waals surface area contributed by atoms with Gasteiger partial charge in [0.1, 0.15) is 4.21 Å². The summed E-state index contributed by atoms with van der Waals surface area (Å²) in [5.74, 6) is 0.372. The van der Waals surface area contributed by atoms with Gasteiger partial charge < -0.3 is 0 Å². The zero-order chi connectivity index (χ0) is 14.2. The number of alkyl halides is 1. The molecule has 4 nitrogen and oxygen atoms in total. The summed E-state index contributed by atoms with van der Waals surface area (Å²) in [6.07, 6.45) is 3.44. The second-order valence-corrected chi connectivity index (χ2v) is 9.00. The third kappa shape index (κ3) is 2.76. The second kappa shape index (κ2) is 5.93. The molecule has 112 valence electrons. The summed E-state index contributed by atoms with van der Waals surface area (Å²) in [7, 11) is -3.32. The first kappa shape index (κ1) is 14.8. The molecule has 2 aliphatic rings. The Bertz CT molecular complexity index is 567. The maximum atomic E-state index is 12.6. The molecule has 0 bridgehead atoms. The van der Waals surface area contributed by atoms with Crippen molar-refractivity contribution in [2.24, 2.45) is 0 Å². The zero-order valence-electron chi connectivity index (χ0n) is 11.3. The van der Waals surface area contributed by atoms with Crippen molar-refractivity contribution in [3.63, 3.8) is 0 Å². The van der Waals surface area contributed by atoms with E-state index in [0.717, 1.165) is 24.4 Å². The van der Waals surface area contributed by atoms with E-state index in [9.17, 15) is 8.42 Å². The average Bonchev–Trinajstić information content (AvgIpc) is 3.18. The van der Waals surface area contributed by atoms with Crippen molar-refractivity contribution in [2.45, 2.75) is 35.4 Å². The Morgan fingerprint density at radius 3 is 2.65 bits per heavy atom. The first-order valence-corrected chi connectivity index (χ1v) is 9.79. The second-order valence-electron chi connectivity index (χ2n) is 5.40. The fourth-order valence-corrected chi connectivity index (χ4v) is 6.13.